The second-order valence-corrected chi connectivity index (χ2v) is 8.17. The van der Waals surface area contributed by atoms with Gasteiger partial charge in [-0.2, -0.15) is 0 Å². The molecule has 2 heterocycles. The Bertz CT molecular complexity index is 1160. The average molecular weight is 405 g/mol. The highest BCUT2D eigenvalue weighted by Crippen LogP contribution is 2.16. The molecule has 0 N–H and O–H groups in total. The van der Waals surface area contributed by atoms with Gasteiger partial charge in [-0.15, -0.1) is 0 Å². The van der Waals surface area contributed by atoms with Crippen LogP contribution >= 0.6 is 0 Å². The van der Waals surface area contributed by atoms with Crippen LogP contribution in [0.2, 0.25) is 0 Å². The molecule has 1 aliphatic rings. The van der Waals surface area contributed by atoms with Crippen LogP contribution in [0.5, 0.6) is 0 Å². The second-order valence-electron chi connectivity index (χ2n) is 8.17. The lowest BCUT2D eigenvalue weighted by Gasteiger charge is -2.31. The Hall–Kier alpha value is -3.15. The van der Waals surface area contributed by atoms with Crippen molar-refractivity contribution in [2.75, 3.05) is 13.1 Å². The summed E-state index contributed by atoms with van der Waals surface area (Å²) in [6.07, 6.45) is 2.68. The van der Waals surface area contributed by atoms with Gasteiger partial charge in [0.15, 0.2) is 0 Å². The molecule has 2 aromatic carbocycles. The van der Waals surface area contributed by atoms with Crippen molar-refractivity contribution < 1.29 is 4.79 Å². The molecular weight excluding hydrogens is 378 g/mol. The van der Waals surface area contributed by atoms with E-state index in [9.17, 15) is 14.4 Å². The predicted octanol–water partition coefficient (Wildman–Crippen LogP) is 2.66. The lowest BCUT2D eigenvalue weighted by atomic mass is 10.0. The summed E-state index contributed by atoms with van der Waals surface area (Å²) < 4.78 is 2.73. The number of benzene rings is 2. The molecule has 1 fully saturated rings. The Balaban J connectivity index is 1.70. The van der Waals surface area contributed by atoms with Gasteiger partial charge in [0.25, 0.3) is 5.56 Å². The maximum Gasteiger partial charge on any atom is 0.331 e. The lowest BCUT2D eigenvalue weighted by Crippen LogP contribution is -2.45. The van der Waals surface area contributed by atoms with Gasteiger partial charge < -0.3 is 4.90 Å². The Morgan fingerprint density at radius 2 is 1.73 bits per heavy atom. The Morgan fingerprint density at radius 3 is 2.50 bits per heavy atom. The fraction of sp³-hybridized carbons (Fsp3) is 0.375. The minimum absolute atomic E-state index is 0.0440. The number of rotatable bonds is 5. The van der Waals surface area contributed by atoms with E-state index in [2.05, 4.69) is 6.92 Å². The van der Waals surface area contributed by atoms with E-state index in [4.69, 9.17) is 0 Å². The maximum atomic E-state index is 13.3. The van der Waals surface area contributed by atoms with Crippen LogP contribution in [0, 0.1) is 5.92 Å². The Kier molecular flexibility index (Phi) is 5.84. The Labute approximate surface area is 175 Å². The number of fused-ring (bicyclic) bond motifs is 1. The van der Waals surface area contributed by atoms with E-state index >= 15 is 0 Å². The van der Waals surface area contributed by atoms with E-state index in [1.165, 1.54) is 9.13 Å². The van der Waals surface area contributed by atoms with Crippen molar-refractivity contribution in [3.8, 4) is 0 Å². The largest absolute Gasteiger partial charge is 0.341 e. The summed E-state index contributed by atoms with van der Waals surface area (Å²) in [6.45, 7) is 3.83. The van der Waals surface area contributed by atoms with Crippen LogP contribution in [0.4, 0.5) is 0 Å². The monoisotopic (exact) mass is 405 g/mol. The molecule has 0 unspecified atom stereocenters. The minimum Gasteiger partial charge on any atom is -0.341 e. The molecule has 4 rings (SSSR count). The number of para-hydroxylation sites is 1. The third-order valence-corrected chi connectivity index (χ3v) is 5.90. The van der Waals surface area contributed by atoms with Gasteiger partial charge in [0, 0.05) is 19.6 Å². The van der Waals surface area contributed by atoms with E-state index in [0.717, 1.165) is 31.5 Å². The van der Waals surface area contributed by atoms with Crippen molar-refractivity contribution in [2.24, 2.45) is 5.92 Å². The van der Waals surface area contributed by atoms with E-state index in [1.54, 1.807) is 24.3 Å². The van der Waals surface area contributed by atoms with Crippen LogP contribution in [0.25, 0.3) is 10.9 Å². The van der Waals surface area contributed by atoms with Gasteiger partial charge in [-0.05, 0) is 42.9 Å². The van der Waals surface area contributed by atoms with Crippen molar-refractivity contribution in [1.82, 2.24) is 14.0 Å². The zero-order valence-corrected chi connectivity index (χ0v) is 17.3. The van der Waals surface area contributed by atoms with Gasteiger partial charge in [-0.25, -0.2) is 4.79 Å². The number of nitrogens with zero attached hydrogens (tertiary/aromatic N) is 3. The normalized spacial score (nSPS) is 16.7. The first-order valence-electron chi connectivity index (χ1n) is 10.6. The molecule has 0 aliphatic carbocycles. The van der Waals surface area contributed by atoms with Gasteiger partial charge in [-0.3, -0.25) is 18.7 Å². The second kappa shape index (κ2) is 8.69. The summed E-state index contributed by atoms with van der Waals surface area (Å²) in [5, 5.41) is 0.463. The van der Waals surface area contributed by atoms with Gasteiger partial charge in [-0.1, -0.05) is 49.4 Å². The summed E-state index contributed by atoms with van der Waals surface area (Å²) in [7, 11) is 0. The summed E-state index contributed by atoms with van der Waals surface area (Å²) in [4.78, 5) is 41.1. The molecule has 156 valence electrons. The zero-order valence-electron chi connectivity index (χ0n) is 17.3. The van der Waals surface area contributed by atoms with Gasteiger partial charge in [0.2, 0.25) is 5.91 Å². The summed E-state index contributed by atoms with van der Waals surface area (Å²) in [6, 6.07) is 16.8. The zero-order chi connectivity index (χ0) is 21.1. The molecule has 6 nitrogen and oxygen atoms in total. The topological polar surface area (TPSA) is 64.3 Å². The quantitative estimate of drug-likeness (QED) is 0.656. The van der Waals surface area contributed by atoms with Crippen molar-refractivity contribution in [2.45, 2.75) is 39.3 Å². The van der Waals surface area contributed by atoms with Crippen molar-refractivity contribution >= 4 is 16.8 Å². The highest BCUT2D eigenvalue weighted by atomic mass is 16.2. The lowest BCUT2D eigenvalue weighted by molar-refractivity contribution is -0.133. The first-order valence-corrected chi connectivity index (χ1v) is 10.6. The molecule has 6 heteroatoms. The van der Waals surface area contributed by atoms with Crippen LogP contribution in [0.1, 0.15) is 25.3 Å². The molecule has 0 bridgehead atoms. The molecule has 30 heavy (non-hydrogen) atoms. The number of aryl methyl sites for hydroxylation is 1. The highest BCUT2D eigenvalue weighted by Gasteiger charge is 2.23. The van der Waals surface area contributed by atoms with Gasteiger partial charge in [0.1, 0.15) is 6.54 Å². The smallest absolute Gasteiger partial charge is 0.331 e. The number of hydrogen-bond acceptors (Lipinski definition) is 3. The van der Waals surface area contributed by atoms with Crippen LogP contribution < -0.4 is 11.2 Å². The number of carbonyl (C=O) groups is 1. The minimum atomic E-state index is -0.423. The molecule has 1 atom stereocenters. The number of piperidine rings is 1. The molecule has 1 saturated heterocycles. The number of aromatic nitrogens is 2. The summed E-state index contributed by atoms with van der Waals surface area (Å²) in [5.41, 5.74) is 0.846. The predicted molar refractivity (Wildman–Crippen MR) is 118 cm³/mol. The van der Waals surface area contributed by atoms with Crippen molar-refractivity contribution in [1.29, 1.82) is 0 Å². The van der Waals surface area contributed by atoms with Crippen LogP contribution in [-0.4, -0.2) is 33.0 Å². The van der Waals surface area contributed by atoms with E-state index in [1.807, 2.05) is 35.2 Å². The molecule has 0 saturated carbocycles. The molecule has 0 spiro atoms. The van der Waals surface area contributed by atoms with E-state index in [-0.39, 0.29) is 24.6 Å². The van der Waals surface area contributed by atoms with Crippen LogP contribution in [0.3, 0.4) is 0 Å². The molecule has 0 radical (unpaired) electrons. The summed E-state index contributed by atoms with van der Waals surface area (Å²) >= 11 is 0. The number of amides is 1. The third-order valence-electron chi connectivity index (χ3n) is 5.90. The molecule has 3 aromatic rings. The Morgan fingerprint density at radius 1 is 1.00 bits per heavy atom. The molecule has 1 aliphatic heterocycles. The maximum absolute atomic E-state index is 13.3. The van der Waals surface area contributed by atoms with Gasteiger partial charge in [0.05, 0.1) is 10.9 Å². The number of carbonyl (C=O) groups excluding carboxylic acids is 1. The van der Waals surface area contributed by atoms with Crippen molar-refractivity contribution in [3.05, 3.63) is 81.0 Å². The molecule has 1 aromatic heterocycles. The van der Waals surface area contributed by atoms with Crippen molar-refractivity contribution in [3.63, 3.8) is 0 Å². The standard InChI is InChI=1S/C24H27N3O3/c1-18-8-7-14-25(16-18)22(28)17-27-21-12-6-5-11-20(21)23(29)26(24(27)30)15-13-19-9-3-2-4-10-19/h2-6,9-12,18H,7-8,13-17H2,1H3/t18-/m1/s1. The fourth-order valence-corrected chi connectivity index (χ4v) is 4.26. The molecule has 1 amide bonds. The van der Waals surface area contributed by atoms with Gasteiger partial charge >= 0.3 is 5.69 Å². The first kappa shape index (κ1) is 20.1. The number of hydrogen-bond donors (Lipinski definition) is 0. The van der Waals surface area contributed by atoms with E-state index < -0.39 is 5.69 Å². The van der Waals surface area contributed by atoms with Crippen LogP contribution in [-0.2, 0) is 24.3 Å². The number of likely N-dealkylation sites (tertiary alicyclic amines) is 1. The fourth-order valence-electron chi connectivity index (χ4n) is 4.26. The highest BCUT2D eigenvalue weighted by molar-refractivity contribution is 5.81. The summed E-state index contributed by atoms with van der Waals surface area (Å²) in [5.74, 6) is 0.401. The first-order chi connectivity index (χ1) is 14.5. The molecular formula is C24H27N3O3. The van der Waals surface area contributed by atoms with Crippen LogP contribution in [0.15, 0.2) is 64.2 Å². The average Bonchev–Trinajstić information content (AvgIpc) is 2.77. The third kappa shape index (κ3) is 4.08. The van der Waals surface area contributed by atoms with E-state index in [0.29, 0.717) is 23.2 Å². The SMILES string of the molecule is C[C@@H]1CCCN(C(=O)Cn2c(=O)n(CCc3ccccc3)c(=O)c3ccccc32)C1.